The molecule has 0 radical (unpaired) electrons. The van der Waals surface area contributed by atoms with Crippen LogP contribution in [0.4, 0.5) is 0 Å². The summed E-state index contributed by atoms with van der Waals surface area (Å²) in [5.74, 6) is -0.0503. The molecule has 3 heteroatoms. The summed E-state index contributed by atoms with van der Waals surface area (Å²) < 4.78 is 11.1. The van der Waals surface area contributed by atoms with E-state index in [1.165, 1.54) is 12.8 Å². The van der Waals surface area contributed by atoms with Crippen molar-refractivity contribution in [2.24, 2.45) is 0 Å². The quantitative estimate of drug-likeness (QED) is 0.430. The van der Waals surface area contributed by atoms with Crippen molar-refractivity contribution in [3.8, 4) is 0 Å². The number of cyclic esters (lactones) is 1. The maximum Gasteiger partial charge on any atom is 0.306 e. The molecule has 2 rings (SSSR count). The highest BCUT2D eigenvalue weighted by atomic mass is 16.6. The predicted molar refractivity (Wildman–Crippen MR) is 84.0 cm³/mol. The van der Waals surface area contributed by atoms with E-state index in [0.717, 1.165) is 38.5 Å². The summed E-state index contributed by atoms with van der Waals surface area (Å²) in [4.78, 5) is 11.7. The number of rotatable bonds is 5. The van der Waals surface area contributed by atoms with E-state index in [9.17, 15) is 4.79 Å². The van der Waals surface area contributed by atoms with Crippen molar-refractivity contribution in [3.63, 3.8) is 0 Å². The van der Waals surface area contributed by atoms with Gasteiger partial charge in [-0.05, 0) is 38.2 Å². The number of hydrogen-bond acceptors (Lipinski definition) is 3. The molecule has 3 atom stereocenters. The number of epoxide rings is 1. The summed E-state index contributed by atoms with van der Waals surface area (Å²) >= 11 is 0. The van der Waals surface area contributed by atoms with Crippen molar-refractivity contribution in [2.45, 2.75) is 83.0 Å². The first kappa shape index (κ1) is 16.3. The van der Waals surface area contributed by atoms with Crippen LogP contribution in [0.5, 0.6) is 0 Å². The molecule has 0 aromatic rings. The van der Waals surface area contributed by atoms with Gasteiger partial charge in [0, 0.05) is 6.42 Å². The van der Waals surface area contributed by atoms with E-state index in [-0.39, 0.29) is 18.2 Å². The van der Waals surface area contributed by atoms with Crippen LogP contribution in [0.1, 0.15) is 64.7 Å². The van der Waals surface area contributed by atoms with Gasteiger partial charge in [-0.2, -0.15) is 0 Å². The van der Waals surface area contributed by atoms with E-state index >= 15 is 0 Å². The third kappa shape index (κ3) is 6.47. The van der Waals surface area contributed by atoms with Crippen molar-refractivity contribution in [2.75, 3.05) is 0 Å². The van der Waals surface area contributed by atoms with Gasteiger partial charge >= 0.3 is 5.97 Å². The van der Waals surface area contributed by atoms with Gasteiger partial charge in [-0.1, -0.05) is 44.4 Å². The Morgan fingerprint density at radius 2 is 1.90 bits per heavy atom. The Morgan fingerprint density at radius 3 is 2.76 bits per heavy atom. The summed E-state index contributed by atoms with van der Waals surface area (Å²) in [5, 5.41) is 0. The summed E-state index contributed by atoms with van der Waals surface area (Å²) in [7, 11) is 0. The molecule has 0 aromatic heterocycles. The fourth-order valence-electron chi connectivity index (χ4n) is 2.71. The Labute approximate surface area is 128 Å². The second-order valence-electron chi connectivity index (χ2n) is 5.97. The molecule has 3 nitrogen and oxygen atoms in total. The predicted octanol–water partition coefficient (Wildman–Crippen LogP) is 4.32. The van der Waals surface area contributed by atoms with E-state index < -0.39 is 0 Å². The lowest BCUT2D eigenvalue weighted by Crippen LogP contribution is -2.17. The van der Waals surface area contributed by atoms with Gasteiger partial charge in [-0.3, -0.25) is 4.79 Å². The molecule has 2 aliphatic rings. The highest BCUT2D eigenvalue weighted by Crippen LogP contribution is 2.27. The molecular formula is C18H28O3. The standard InChI is InChI=1S/C18H28O3/c1-2-3-7-11-16-17(21-16)14-13-15-10-8-5-4-6-9-12-18(19)20-15/h3,7,13-17H,2,4-6,8-12H2,1H3/b7-3-,14-13+/t15?,16-,17-/m1/s1. The van der Waals surface area contributed by atoms with Crippen molar-refractivity contribution in [3.05, 3.63) is 24.3 Å². The minimum atomic E-state index is -0.0633. The molecule has 0 saturated carbocycles. The number of ether oxygens (including phenoxy) is 2. The molecular weight excluding hydrogens is 264 g/mol. The van der Waals surface area contributed by atoms with Gasteiger partial charge in [-0.25, -0.2) is 0 Å². The first-order valence-electron chi connectivity index (χ1n) is 8.48. The molecule has 2 fully saturated rings. The minimum Gasteiger partial charge on any atom is -0.458 e. The average molecular weight is 292 g/mol. The third-order valence-corrected chi connectivity index (χ3v) is 4.06. The average Bonchev–Trinajstić information content (AvgIpc) is 3.22. The van der Waals surface area contributed by atoms with Gasteiger partial charge in [0.05, 0.1) is 6.10 Å². The molecule has 0 bridgehead atoms. The van der Waals surface area contributed by atoms with Crippen LogP contribution < -0.4 is 0 Å². The second-order valence-corrected chi connectivity index (χ2v) is 5.97. The van der Waals surface area contributed by atoms with Crippen LogP contribution in [0.15, 0.2) is 24.3 Å². The SMILES string of the molecule is CC/C=C\C[C@H]1O[C@@H]1/C=C/C1CCCCCCCC(=O)O1. The van der Waals surface area contributed by atoms with Gasteiger partial charge in [-0.15, -0.1) is 0 Å². The first-order valence-corrected chi connectivity index (χ1v) is 8.48. The zero-order valence-corrected chi connectivity index (χ0v) is 13.1. The molecule has 0 amide bonds. The Morgan fingerprint density at radius 1 is 1.10 bits per heavy atom. The number of carbonyl (C=O) groups excluding carboxylic acids is 1. The van der Waals surface area contributed by atoms with Gasteiger partial charge in [0.2, 0.25) is 0 Å². The highest BCUT2D eigenvalue weighted by Gasteiger charge is 2.35. The molecule has 2 aliphatic heterocycles. The number of allylic oxidation sites excluding steroid dienone is 1. The molecule has 0 N–H and O–H groups in total. The zero-order chi connectivity index (χ0) is 14.9. The maximum absolute atomic E-state index is 11.7. The summed E-state index contributed by atoms with van der Waals surface area (Å²) in [6.07, 6.45) is 18.2. The van der Waals surface area contributed by atoms with Crippen LogP contribution >= 0.6 is 0 Å². The number of hydrogen-bond donors (Lipinski definition) is 0. The van der Waals surface area contributed by atoms with Crippen LogP contribution in [0.2, 0.25) is 0 Å². The smallest absolute Gasteiger partial charge is 0.306 e. The van der Waals surface area contributed by atoms with Crippen LogP contribution in [-0.4, -0.2) is 24.3 Å². The fourth-order valence-corrected chi connectivity index (χ4v) is 2.71. The van der Waals surface area contributed by atoms with Crippen LogP contribution in [-0.2, 0) is 14.3 Å². The molecule has 0 aromatic carbocycles. The van der Waals surface area contributed by atoms with E-state index in [2.05, 4.69) is 25.2 Å². The lowest BCUT2D eigenvalue weighted by Gasteiger charge is -2.16. The van der Waals surface area contributed by atoms with Gasteiger partial charge in [0.1, 0.15) is 12.2 Å². The number of carbonyl (C=O) groups is 1. The van der Waals surface area contributed by atoms with Crippen molar-refractivity contribution in [1.82, 2.24) is 0 Å². The lowest BCUT2D eigenvalue weighted by molar-refractivity contribution is -0.147. The van der Waals surface area contributed by atoms with Gasteiger partial charge < -0.3 is 9.47 Å². The topological polar surface area (TPSA) is 38.8 Å². The van der Waals surface area contributed by atoms with Gasteiger partial charge in [0.25, 0.3) is 0 Å². The van der Waals surface area contributed by atoms with Crippen molar-refractivity contribution < 1.29 is 14.3 Å². The van der Waals surface area contributed by atoms with Crippen LogP contribution in [0.25, 0.3) is 0 Å². The molecule has 21 heavy (non-hydrogen) atoms. The van der Waals surface area contributed by atoms with Gasteiger partial charge in [0.15, 0.2) is 0 Å². The highest BCUT2D eigenvalue weighted by molar-refractivity contribution is 5.69. The third-order valence-electron chi connectivity index (χ3n) is 4.06. The second kappa shape index (κ2) is 9.04. The molecule has 0 aliphatic carbocycles. The van der Waals surface area contributed by atoms with Crippen LogP contribution in [0.3, 0.4) is 0 Å². The zero-order valence-electron chi connectivity index (χ0n) is 13.1. The maximum atomic E-state index is 11.7. The minimum absolute atomic E-state index is 0.0503. The molecule has 2 heterocycles. The normalized spacial score (nSPS) is 31.5. The Balaban J connectivity index is 1.75. The van der Waals surface area contributed by atoms with E-state index in [1.807, 2.05) is 6.08 Å². The summed E-state index contributed by atoms with van der Waals surface area (Å²) in [5.41, 5.74) is 0. The fraction of sp³-hybridized carbons (Fsp3) is 0.722. The van der Waals surface area contributed by atoms with E-state index in [0.29, 0.717) is 12.5 Å². The lowest BCUT2D eigenvalue weighted by atomic mass is 10.0. The summed E-state index contributed by atoms with van der Waals surface area (Å²) in [6, 6.07) is 0. The van der Waals surface area contributed by atoms with Crippen molar-refractivity contribution in [1.29, 1.82) is 0 Å². The summed E-state index contributed by atoms with van der Waals surface area (Å²) in [6.45, 7) is 2.13. The molecule has 0 spiro atoms. The largest absolute Gasteiger partial charge is 0.458 e. The first-order chi connectivity index (χ1) is 10.3. The van der Waals surface area contributed by atoms with E-state index in [4.69, 9.17) is 9.47 Å². The molecule has 1 unspecified atom stereocenters. The Bertz CT molecular complexity index is 373. The monoisotopic (exact) mass is 292 g/mol. The van der Waals surface area contributed by atoms with E-state index in [1.54, 1.807) is 0 Å². The van der Waals surface area contributed by atoms with Crippen molar-refractivity contribution >= 4 is 5.97 Å². The Kier molecular flexibility index (Phi) is 7.01. The molecule has 2 saturated heterocycles. The number of esters is 1. The Hall–Kier alpha value is -1.09. The molecule has 118 valence electrons. The van der Waals surface area contributed by atoms with Crippen LogP contribution in [0, 0.1) is 0 Å².